The van der Waals surface area contributed by atoms with E-state index in [9.17, 15) is 4.79 Å². The lowest BCUT2D eigenvalue weighted by Gasteiger charge is -2.35. The SMILES string of the molecule is O=C(N[C@@H](C(Cl)Cl)N1CCOCC1)c1ccccc1. The number of carbonyl (C=O) groups excluding carboxylic acids is 1. The molecular weight excluding hydrogens is 287 g/mol. The molecule has 1 aliphatic heterocycles. The molecule has 1 saturated heterocycles. The molecule has 104 valence electrons. The monoisotopic (exact) mass is 302 g/mol. The van der Waals surface area contributed by atoms with Crippen molar-refractivity contribution in [2.75, 3.05) is 26.3 Å². The van der Waals surface area contributed by atoms with Crippen LogP contribution >= 0.6 is 23.2 Å². The van der Waals surface area contributed by atoms with Gasteiger partial charge >= 0.3 is 0 Å². The number of benzene rings is 1. The lowest BCUT2D eigenvalue weighted by atomic mass is 10.2. The third-order valence-corrected chi connectivity index (χ3v) is 3.47. The molecule has 0 spiro atoms. The van der Waals surface area contributed by atoms with Crippen molar-refractivity contribution >= 4 is 29.1 Å². The number of ether oxygens (including phenoxy) is 1. The van der Waals surface area contributed by atoms with Crippen LogP contribution in [0.5, 0.6) is 0 Å². The quantitative estimate of drug-likeness (QED) is 0.864. The topological polar surface area (TPSA) is 41.6 Å². The van der Waals surface area contributed by atoms with E-state index in [0.29, 0.717) is 31.9 Å². The highest BCUT2D eigenvalue weighted by Gasteiger charge is 2.28. The Morgan fingerprint density at radius 1 is 1.21 bits per heavy atom. The third kappa shape index (κ3) is 4.08. The first kappa shape index (κ1) is 14.6. The summed E-state index contributed by atoms with van der Waals surface area (Å²) in [5.41, 5.74) is 0.592. The Hall–Kier alpha value is -0.810. The number of amides is 1. The van der Waals surface area contributed by atoms with Gasteiger partial charge in [-0.05, 0) is 12.1 Å². The van der Waals surface area contributed by atoms with Crippen LogP contribution in [0.4, 0.5) is 0 Å². The number of hydrogen-bond donors (Lipinski definition) is 1. The van der Waals surface area contributed by atoms with Crippen LogP contribution in [0, 0.1) is 0 Å². The summed E-state index contributed by atoms with van der Waals surface area (Å²) in [5.74, 6) is -0.177. The average molecular weight is 303 g/mol. The number of rotatable bonds is 4. The molecule has 1 aliphatic rings. The Labute approximate surface area is 122 Å². The van der Waals surface area contributed by atoms with E-state index in [1.54, 1.807) is 12.1 Å². The zero-order valence-electron chi connectivity index (χ0n) is 10.4. The molecule has 1 aromatic carbocycles. The molecule has 1 amide bonds. The van der Waals surface area contributed by atoms with Crippen LogP contribution in [0.1, 0.15) is 10.4 Å². The van der Waals surface area contributed by atoms with Gasteiger partial charge in [0.25, 0.3) is 5.91 Å². The summed E-state index contributed by atoms with van der Waals surface area (Å²) >= 11 is 12.0. The number of hydrogen-bond acceptors (Lipinski definition) is 3. The molecule has 0 aromatic heterocycles. The number of carbonyl (C=O) groups is 1. The van der Waals surface area contributed by atoms with Crippen LogP contribution in [-0.4, -0.2) is 48.1 Å². The molecule has 0 saturated carbocycles. The standard InChI is InChI=1S/C13H16Cl2N2O2/c14-11(15)12(17-6-8-19-9-7-17)16-13(18)10-4-2-1-3-5-10/h1-5,11-12H,6-9H2,(H,16,18)/t12-/m1/s1. The van der Waals surface area contributed by atoms with Gasteiger partial charge in [-0.1, -0.05) is 18.2 Å². The molecule has 19 heavy (non-hydrogen) atoms. The molecule has 0 aliphatic carbocycles. The van der Waals surface area contributed by atoms with Crippen molar-refractivity contribution in [3.63, 3.8) is 0 Å². The van der Waals surface area contributed by atoms with Crippen molar-refractivity contribution in [3.8, 4) is 0 Å². The lowest BCUT2D eigenvalue weighted by Crippen LogP contribution is -2.55. The van der Waals surface area contributed by atoms with Gasteiger partial charge in [-0.3, -0.25) is 9.69 Å². The molecule has 4 nitrogen and oxygen atoms in total. The Morgan fingerprint density at radius 3 is 2.42 bits per heavy atom. The van der Waals surface area contributed by atoms with E-state index in [1.807, 2.05) is 23.1 Å². The summed E-state index contributed by atoms with van der Waals surface area (Å²) in [5, 5.41) is 2.87. The number of morpholine rings is 1. The maximum Gasteiger partial charge on any atom is 0.252 e. The maximum absolute atomic E-state index is 12.1. The molecule has 0 bridgehead atoms. The fraction of sp³-hybridized carbons (Fsp3) is 0.462. The normalized spacial score (nSPS) is 18.3. The fourth-order valence-electron chi connectivity index (χ4n) is 1.98. The van der Waals surface area contributed by atoms with Gasteiger partial charge in [-0.15, -0.1) is 23.2 Å². The summed E-state index contributed by atoms with van der Waals surface area (Å²) in [6.45, 7) is 2.65. The second kappa shape index (κ2) is 7.10. The van der Waals surface area contributed by atoms with E-state index in [2.05, 4.69) is 5.32 Å². The molecule has 0 unspecified atom stereocenters. The molecule has 0 radical (unpaired) electrons. The molecular formula is C13H16Cl2N2O2. The Bertz CT molecular complexity index is 408. The summed E-state index contributed by atoms with van der Waals surface area (Å²) < 4.78 is 5.28. The predicted octanol–water partition coefficient (Wildman–Crippen LogP) is 1.88. The minimum atomic E-state index is -0.689. The molecule has 1 atom stereocenters. The molecule has 1 fully saturated rings. The summed E-state index contributed by atoms with van der Waals surface area (Å²) in [7, 11) is 0. The zero-order chi connectivity index (χ0) is 13.7. The Morgan fingerprint density at radius 2 is 1.84 bits per heavy atom. The van der Waals surface area contributed by atoms with Gasteiger partial charge < -0.3 is 10.1 Å². The summed E-state index contributed by atoms with van der Waals surface area (Å²) in [4.78, 5) is 13.4. The van der Waals surface area contributed by atoms with Gasteiger partial charge in [0.05, 0.1) is 13.2 Å². The van der Waals surface area contributed by atoms with Crippen molar-refractivity contribution < 1.29 is 9.53 Å². The second-order valence-electron chi connectivity index (χ2n) is 4.27. The second-order valence-corrected chi connectivity index (χ2v) is 5.43. The third-order valence-electron chi connectivity index (χ3n) is 2.99. The highest BCUT2D eigenvalue weighted by Crippen LogP contribution is 2.15. The predicted molar refractivity (Wildman–Crippen MR) is 75.6 cm³/mol. The van der Waals surface area contributed by atoms with E-state index in [-0.39, 0.29) is 5.91 Å². The first-order chi connectivity index (χ1) is 9.18. The minimum absolute atomic E-state index is 0.177. The van der Waals surface area contributed by atoms with Crippen LogP contribution in [0.25, 0.3) is 0 Å². The van der Waals surface area contributed by atoms with Crippen LogP contribution in [-0.2, 0) is 4.74 Å². The van der Waals surface area contributed by atoms with Crippen LogP contribution in [0.2, 0.25) is 0 Å². The number of nitrogens with zero attached hydrogens (tertiary/aromatic N) is 1. The van der Waals surface area contributed by atoms with Crippen molar-refractivity contribution in [2.45, 2.75) is 11.0 Å². The molecule has 1 aromatic rings. The zero-order valence-corrected chi connectivity index (χ0v) is 11.9. The van der Waals surface area contributed by atoms with Gasteiger partial charge in [0.1, 0.15) is 11.0 Å². The van der Waals surface area contributed by atoms with Gasteiger partial charge in [-0.2, -0.15) is 0 Å². The smallest absolute Gasteiger partial charge is 0.252 e. The van der Waals surface area contributed by atoms with Crippen LogP contribution < -0.4 is 5.32 Å². The molecule has 1 heterocycles. The van der Waals surface area contributed by atoms with Gasteiger partial charge in [-0.25, -0.2) is 0 Å². The van der Waals surface area contributed by atoms with Gasteiger partial charge in [0.2, 0.25) is 0 Å². The minimum Gasteiger partial charge on any atom is -0.379 e. The Balaban J connectivity index is 2.02. The van der Waals surface area contributed by atoms with Gasteiger partial charge in [0.15, 0.2) is 0 Å². The first-order valence-electron chi connectivity index (χ1n) is 6.14. The van der Waals surface area contributed by atoms with Crippen molar-refractivity contribution in [3.05, 3.63) is 35.9 Å². The highest BCUT2D eigenvalue weighted by atomic mass is 35.5. The lowest BCUT2D eigenvalue weighted by molar-refractivity contribution is 0.0121. The molecule has 2 rings (SSSR count). The maximum atomic E-state index is 12.1. The van der Waals surface area contributed by atoms with Crippen LogP contribution in [0.3, 0.4) is 0 Å². The summed E-state index contributed by atoms with van der Waals surface area (Å²) in [6.07, 6.45) is -0.403. The molecule has 1 N–H and O–H groups in total. The average Bonchev–Trinajstić information content (AvgIpc) is 2.46. The largest absolute Gasteiger partial charge is 0.379 e. The van der Waals surface area contributed by atoms with Crippen molar-refractivity contribution in [2.24, 2.45) is 0 Å². The van der Waals surface area contributed by atoms with E-state index in [1.165, 1.54) is 0 Å². The first-order valence-corrected chi connectivity index (χ1v) is 7.01. The van der Waals surface area contributed by atoms with E-state index in [4.69, 9.17) is 27.9 Å². The number of halogens is 2. The fourth-order valence-corrected chi connectivity index (χ4v) is 2.42. The van der Waals surface area contributed by atoms with E-state index in [0.717, 1.165) is 0 Å². The molecule has 6 heteroatoms. The number of nitrogens with one attached hydrogen (secondary N) is 1. The van der Waals surface area contributed by atoms with Gasteiger partial charge in [0, 0.05) is 18.7 Å². The summed E-state index contributed by atoms with van der Waals surface area (Å²) in [6, 6.07) is 9.00. The Kier molecular flexibility index (Phi) is 5.45. The van der Waals surface area contributed by atoms with Crippen molar-refractivity contribution in [1.29, 1.82) is 0 Å². The van der Waals surface area contributed by atoms with E-state index >= 15 is 0 Å². The highest BCUT2D eigenvalue weighted by molar-refractivity contribution is 6.44. The van der Waals surface area contributed by atoms with E-state index < -0.39 is 11.0 Å². The van der Waals surface area contributed by atoms with Crippen LogP contribution in [0.15, 0.2) is 30.3 Å². The van der Waals surface area contributed by atoms with Crippen molar-refractivity contribution in [1.82, 2.24) is 10.2 Å². The number of alkyl halides is 2.